The molecule has 4 rings (SSSR count). The molecule has 1 aromatic heterocycles. The highest BCUT2D eigenvalue weighted by molar-refractivity contribution is 5.69. The fraction of sp³-hybridized carbons (Fsp3) is 0.303. The van der Waals surface area contributed by atoms with Gasteiger partial charge in [0.25, 0.3) is 0 Å². The summed E-state index contributed by atoms with van der Waals surface area (Å²) in [5, 5.41) is 3.97. The van der Waals surface area contributed by atoms with Crippen molar-refractivity contribution in [1.29, 1.82) is 0 Å². The molecule has 1 unspecified atom stereocenters. The molecule has 0 aliphatic heterocycles. The molecule has 0 radical (unpaired) electrons. The smallest absolute Gasteiger partial charge is 0.0940 e. The molecule has 180 valence electrons. The molecule has 3 aromatic carbocycles. The molecule has 4 aromatic rings. The molecule has 0 aliphatic rings. The van der Waals surface area contributed by atoms with Crippen LogP contribution in [0, 0.1) is 20.8 Å². The SMILES string of the molecule is Cc1cc(C)c(-c2cccc(C(Nc3c(C(C)C)cccc3C(C)C)c3ccccc3)n2)c(C)c1. The first-order chi connectivity index (χ1) is 16.8. The van der Waals surface area contributed by atoms with Gasteiger partial charge in [0.2, 0.25) is 0 Å². The van der Waals surface area contributed by atoms with Gasteiger partial charge in [-0.3, -0.25) is 4.98 Å². The van der Waals surface area contributed by atoms with E-state index in [4.69, 9.17) is 4.98 Å². The van der Waals surface area contributed by atoms with Crippen molar-refractivity contribution in [2.24, 2.45) is 0 Å². The molecule has 0 spiro atoms. The summed E-state index contributed by atoms with van der Waals surface area (Å²) >= 11 is 0. The standard InChI is InChI=1S/C33H38N2/c1-21(2)27-15-11-16-28(22(3)4)33(27)35-32(26-13-9-8-10-14-26)30-18-12-17-29(34-30)31-24(6)19-23(5)20-25(31)7/h8-22,32,35H,1-7H3. The van der Waals surface area contributed by atoms with Crippen molar-refractivity contribution in [1.82, 2.24) is 4.98 Å². The lowest BCUT2D eigenvalue weighted by atomic mass is 9.91. The number of aromatic nitrogens is 1. The van der Waals surface area contributed by atoms with Crippen molar-refractivity contribution in [3.8, 4) is 11.3 Å². The minimum absolute atomic E-state index is 0.0559. The van der Waals surface area contributed by atoms with Gasteiger partial charge in [-0.1, -0.05) is 100.0 Å². The monoisotopic (exact) mass is 462 g/mol. The van der Waals surface area contributed by atoms with Gasteiger partial charge >= 0.3 is 0 Å². The van der Waals surface area contributed by atoms with E-state index in [1.54, 1.807) is 0 Å². The Morgan fingerprint density at radius 2 is 1.23 bits per heavy atom. The number of nitrogens with zero attached hydrogens (tertiary/aromatic N) is 1. The first-order valence-corrected chi connectivity index (χ1v) is 12.8. The van der Waals surface area contributed by atoms with Crippen LogP contribution in [0.5, 0.6) is 0 Å². The summed E-state index contributed by atoms with van der Waals surface area (Å²) in [6.45, 7) is 15.6. The van der Waals surface area contributed by atoms with Crippen molar-refractivity contribution in [2.75, 3.05) is 5.32 Å². The summed E-state index contributed by atoms with van der Waals surface area (Å²) in [5.41, 5.74) is 12.3. The van der Waals surface area contributed by atoms with Gasteiger partial charge in [0, 0.05) is 11.3 Å². The Kier molecular flexibility index (Phi) is 7.40. The number of aryl methyl sites for hydroxylation is 3. The highest BCUT2D eigenvalue weighted by atomic mass is 15.0. The number of hydrogen-bond donors (Lipinski definition) is 1. The summed E-state index contributed by atoms with van der Waals surface area (Å²) in [6, 6.07) is 28.3. The normalized spacial score (nSPS) is 12.3. The topological polar surface area (TPSA) is 24.9 Å². The van der Waals surface area contributed by atoms with E-state index in [-0.39, 0.29) is 6.04 Å². The van der Waals surface area contributed by atoms with Gasteiger partial charge in [-0.25, -0.2) is 0 Å². The summed E-state index contributed by atoms with van der Waals surface area (Å²) in [6.07, 6.45) is 0. The van der Waals surface area contributed by atoms with Crippen LogP contribution in [-0.2, 0) is 0 Å². The largest absolute Gasteiger partial charge is 0.372 e. The zero-order chi connectivity index (χ0) is 25.1. The zero-order valence-corrected chi connectivity index (χ0v) is 22.2. The van der Waals surface area contributed by atoms with Crippen molar-refractivity contribution in [3.05, 3.63) is 118 Å². The third kappa shape index (κ3) is 5.32. The number of para-hydroxylation sites is 1. The molecule has 0 saturated heterocycles. The van der Waals surface area contributed by atoms with Gasteiger partial charge in [-0.15, -0.1) is 0 Å². The third-order valence-electron chi connectivity index (χ3n) is 6.79. The molecule has 35 heavy (non-hydrogen) atoms. The van der Waals surface area contributed by atoms with Crippen LogP contribution in [0.1, 0.15) is 84.6 Å². The summed E-state index contributed by atoms with van der Waals surface area (Å²) < 4.78 is 0. The van der Waals surface area contributed by atoms with Gasteiger partial charge < -0.3 is 5.32 Å². The Balaban J connectivity index is 1.87. The quantitative estimate of drug-likeness (QED) is 0.296. The number of hydrogen-bond acceptors (Lipinski definition) is 2. The molecule has 0 aliphatic carbocycles. The zero-order valence-electron chi connectivity index (χ0n) is 22.2. The van der Waals surface area contributed by atoms with Gasteiger partial charge in [-0.05, 0) is 72.6 Å². The summed E-state index contributed by atoms with van der Waals surface area (Å²) in [4.78, 5) is 5.25. The predicted molar refractivity (Wildman–Crippen MR) is 150 cm³/mol. The van der Waals surface area contributed by atoms with Crippen molar-refractivity contribution in [3.63, 3.8) is 0 Å². The van der Waals surface area contributed by atoms with Crippen LogP contribution >= 0.6 is 0 Å². The summed E-state index contributed by atoms with van der Waals surface area (Å²) in [5.74, 6) is 0.842. The maximum absolute atomic E-state index is 5.25. The fourth-order valence-electron chi connectivity index (χ4n) is 5.17. The van der Waals surface area contributed by atoms with E-state index < -0.39 is 0 Å². The number of pyridine rings is 1. The minimum atomic E-state index is -0.0559. The van der Waals surface area contributed by atoms with Crippen LogP contribution in [0.25, 0.3) is 11.3 Å². The highest BCUT2D eigenvalue weighted by Gasteiger charge is 2.22. The van der Waals surface area contributed by atoms with Gasteiger partial charge in [0.15, 0.2) is 0 Å². The van der Waals surface area contributed by atoms with Crippen molar-refractivity contribution < 1.29 is 0 Å². The molecule has 0 fully saturated rings. The third-order valence-corrected chi connectivity index (χ3v) is 6.79. The summed E-state index contributed by atoms with van der Waals surface area (Å²) in [7, 11) is 0. The lowest BCUT2D eigenvalue weighted by Gasteiger charge is -2.27. The Morgan fingerprint density at radius 1 is 0.657 bits per heavy atom. The van der Waals surface area contributed by atoms with Gasteiger partial charge in [-0.2, -0.15) is 0 Å². The van der Waals surface area contributed by atoms with Crippen LogP contribution in [0.3, 0.4) is 0 Å². The molecule has 0 saturated carbocycles. The minimum Gasteiger partial charge on any atom is -0.372 e. The second kappa shape index (κ2) is 10.5. The van der Waals surface area contributed by atoms with E-state index in [2.05, 4.69) is 133 Å². The first-order valence-electron chi connectivity index (χ1n) is 12.8. The number of nitrogens with one attached hydrogen (secondary N) is 1. The van der Waals surface area contributed by atoms with E-state index >= 15 is 0 Å². The molecule has 1 atom stereocenters. The average Bonchev–Trinajstić information content (AvgIpc) is 2.82. The highest BCUT2D eigenvalue weighted by Crippen LogP contribution is 2.37. The Morgan fingerprint density at radius 3 is 1.80 bits per heavy atom. The van der Waals surface area contributed by atoms with E-state index in [1.165, 1.54) is 44.6 Å². The molecular formula is C33H38N2. The van der Waals surface area contributed by atoms with E-state index in [9.17, 15) is 0 Å². The molecular weight excluding hydrogens is 424 g/mol. The van der Waals surface area contributed by atoms with E-state index in [0.29, 0.717) is 11.8 Å². The van der Waals surface area contributed by atoms with Gasteiger partial charge in [0.1, 0.15) is 0 Å². The van der Waals surface area contributed by atoms with Crippen LogP contribution in [0.15, 0.2) is 78.9 Å². The lowest BCUT2D eigenvalue weighted by Crippen LogP contribution is -2.17. The molecule has 1 heterocycles. The molecule has 1 N–H and O–H groups in total. The van der Waals surface area contributed by atoms with Crippen LogP contribution in [0.4, 0.5) is 5.69 Å². The maximum atomic E-state index is 5.25. The average molecular weight is 463 g/mol. The van der Waals surface area contributed by atoms with E-state index in [1.807, 2.05) is 0 Å². The first kappa shape index (κ1) is 24.7. The molecule has 2 heteroatoms. The second-order valence-electron chi connectivity index (χ2n) is 10.3. The Labute approximate surface area is 211 Å². The molecule has 0 bridgehead atoms. The van der Waals surface area contributed by atoms with Crippen molar-refractivity contribution in [2.45, 2.75) is 66.3 Å². The Hall–Kier alpha value is -3.39. The van der Waals surface area contributed by atoms with E-state index in [0.717, 1.165) is 11.4 Å². The number of benzene rings is 3. The Bertz CT molecular complexity index is 1250. The van der Waals surface area contributed by atoms with Gasteiger partial charge in [0.05, 0.1) is 17.4 Å². The fourth-order valence-corrected chi connectivity index (χ4v) is 5.17. The molecule has 0 amide bonds. The number of anilines is 1. The molecule has 2 nitrogen and oxygen atoms in total. The lowest BCUT2D eigenvalue weighted by molar-refractivity contribution is 0.814. The number of rotatable bonds is 7. The van der Waals surface area contributed by atoms with Crippen LogP contribution in [0.2, 0.25) is 0 Å². The second-order valence-corrected chi connectivity index (χ2v) is 10.3. The van der Waals surface area contributed by atoms with Crippen molar-refractivity contribution >= 4 is 5.69 Å². The maximum Gasteiger partial charge on any atom is 0.0940 e. The predicted octanol–water partition coefficient (Wildman–Crippen LogP) is 9.12. The van der Waals surface area contributed by atoms with Crippen LogP contribution in [-0.4, -0.2) is 4.98 Å². The van der Waals surface area contributed by atoms with Crippen LogP contribution < -0.4 is 5.32 Å².